The first kappa shape index (κ1) is 20.6. The van der Waals surface area contributed by atoms with Crippen molar-refractivity contribution in [2.24, 2.45) is 5.16 Å². The molecule has 0 aromatic heterocycles. The van der Waals surface area contributed by atoms with Gasteiger partial charge in [0.1, 0.15) is 30.9 Å². The van der Waals surface area contributed by atoms with Crippen molar-refractivity contribution >= 4 is 34.4 Å². The van der Waals surface area contributed by atoms with E-state index in [4.69, 9.17) is 32.8 Å². The van der Waals surface area contributed by atoms with Crippen molar-refractivity contribution < 1.29 is 19.1 Å². The van der Waals surface area contributed by atoms with E-state index < -0.39 is 6.10 Å². The number of halogens is 3. The lowest BCUT2D eigenvalue weighted by molar-refractivity contribution is 0.0408. The van der Waals surface area contributed by atoms with E-state index >= 15 is 0 Å². The highest BCUT2D eigenvalue weighted by Gasteiger charge is 2.18. The van der Waals surface area contributed by atoms with Crippen molar-refractivity contribution in [1.82, 2.24) is 5.32 Å². The Bertz CT molecular complexity index is 872. The molecule has 2 N–H and O–H groups in total. The molecule has 0 fully saturated rings. The number of rotatable bonds is 8. The normalized spacial score (nSPS) is 14.7. The molecule has 28 heavy (non-hydrogen) atoms. The summed E-state index contributed by atoms with van der Waals surface area (Å²) in [6.07, 6.45) is 0.717. The van der Waals surface area contributed by atoms with Gasteiger partial charge in [0, 0.05) is 29.2 Å². The first-order valence-corrected chi connectivity index (χ1v) is 9.38. The fourth-order valence-corrected chi connectivity index (χ4v) is 2.98. The number of fused-ring (bicyclic) bond motifs is 1. The molecule has 8 heteroatoms. The molecule has 5 nitrogen and oxygen atoms in total. The van der Waals surface area contributed by atoms with Crippen LogP contribution >= 0.6 is 23.2 Å². The van der Waals surface area contributed by atoms with E-state index in [2.05, 4.69) is 10.5 Å². The van der Waals surface area contributed by atoms with Crippen molar-refractivity contribution in [1.29, 1.82) is 0 Å². The first-order valence-electron chi connectivity index (χ1n) is 8.63. The van der Waals surface area contributed by atoms with Gasteiger partial charge in [-0.3, -0.25) is 0 Å². The third-order valence-electron chi connectivity index (χ3n) is 4.02. The van der Waals surface area contributed by atoms with Gasteiger partial charge in [0.05, 0.1) is 11.2 Å². The molecule has 2 aromatic carbocycles. The third-order valence-corrected chi connectivity index (χ3v) is 4.70. The number of benzene rings is 2. The quantitative estimate of drug-likeness (QED) is 0.496. The summed E-state index contributed by atoms with van der Waals surface area (Å²) in [4.78, 5) is 5.13. The molecule has 3 rings (SSSR count). The zero-order chi connectivity index (χ0) is 19.9. The Hall–Kier alpha value is -2.12. The highest BCUT2D eigenvalue weighted by molar-refractivity contribution is 6.51. The maximum absolute atomic E-state index is 12.8. The second-order valence-electron chi connectivity index (χ2n) is 6.21. The van der Waals surface area contributed by atoms with Gasteiger partial charge < -0.3 is 20.0 Å². The van der Waals surface area contributed by atoms with Crippen LogP contribution in [0.1, 0.15) is 11.1 Å². The van der Waals surface area contributed by atoms with Crippen molar-refractivity contribution in [2.45, 2.75) is 12.6 Å². The summed E-state index contributed by atoms with van der Waals surface area (Å²) in [6.45, 7) is 1.11. The van der Waals surface area contributed by atoms with E-state index in [0.717, 1.165) is 5.56 Å². The van der Waals surface area contributed by atoms with E-state index in [-0.39, 0.29) is 19.0 Å². The van der Waals surface area contributed by atoms with Gasteiger partial charge in [0.15, 0.2) is 0 Å². The Balaban J connectivity index is 1.43. The summed E-state index contributed by atoms with van der Waals surface area (Å²) in [5, 5.41) is 17.9. The summed E-state index contributed by atoms with van der Waals surface area (Å²) in [6, 6.07) is 11.4. The van der Waals surface area contributed by atoms with E-state index in [0.29, 0.717) is 40.0 Å². The van der Waals surface area contributed by atoms with Gasteiger partial charge in [0.2, 0.25) is 0 Å². The Morgan fingerprint density at radius 2 is 2.04 bits per heavy atom. The molecule has 1 aliphatic heterocycles. The number of aliphatic hydroxyl groups excluding tert-OH is 1. The molecule has 0 radical (unpaired) electrons. The second kappa shape index (κ2) is 9.89. The minimum atomic E-state index is -0.746. The molecule has 1 heterocycles. The van der Waals surface area contributed by atoms with Crippen LogP contribution in [0.25, 0.3) is 5.03 Å². The van der Waals surface area contributed by atoms with Crippen LogP contribution in [0.2, 0.25) is 5.02 Å². The monoisotopic (exact) mass is 424 g/mol. The molecule has 1 atom stereocenters. The summed E-state index contributed by atoms with van der Waals surface area (Å²) in [5.41, 5.74) is 2.28. The summed E-state index contributed by atoms with van der Waals surface area (Å²) >= 11 is 12.4. The number of hydrogen-bond donors (Lipinski definition) is 2. The van der Waals surface area contributed by atoms with Crippen LogP contribution < -0.4 is 10.1 Å². The molecule has 1 unspecified atom stereocenters. The molecular formula is C20H19Cl2FN2O3. The highest BCUT2D eigenvalue weighted by atomic mass is 35.5. The fraction of sp³-hybridized carbons (Fsp3) is 0.250. The fourth-order valence-electron chi connectivity index (χ4n) is 2.56. The minimum Gasteiger partial charge on any atom is -0.488 e. The van der Waals surface area contributed by atoms with Gasteiger partial charge in [-0.25, -0.2) is 4.39 Å². The van der Waals surface area contributed by atoms with Crippen LogP contribution in [0.5, 0.6) is 5.75 Å². The van der Waals surface area contributed by atoms with Crippen LogP contribution in [-0.4, -0.2) is 37.2 Å². The Kier molecular flexibility index (Phi) is 7.28. The molecule has 0 aliphatic carbocycles. The highest BCUT2D eigenvalue weighted by Crippen LogP contribution is 2.36. The molecule has 0 spiro atoms. The van der Waals surface area contributed by atoms with Crippen molar-refractivity contribution in [3.8, 4) is 5.75 Å². The third kappa shape index (κ3) is 5.69. The molecule has 0 amide bonds. The molecule has 1 aliphatic rings. The molecule has 0 saturated heterocycles. The van der Waals surface area contributed by atoms with Crippen molar-refractivity contribution in [3.63, 3.8) is 0 Å². The van der Waals surface area contributed by atoms with Gasteiger partial charge in [-0.2, -0.15) is 0 Å². The van der Waals surface area contributed by atoms with Crippen LogP contribution in [0.4, 0.5) is 4.39 Å². The number of oxime groups is 1. The van der Waals surface area contributed by atoms with E-state index in [1.165, 1.54) is 18.3 Å². The lowest BCUT2D eigenvalue weighted by Crippen LogP contribution is -2.29. The lowest BCUT2D eigenvalue weighted by Gasteiger charge is -2.18. The van der Waals surface area contributed by atoms with Gasteiger partial charge in [0.25, 0.3) is 0 Å². The Labute approximate surface area is 172 Å². The van der Waals surface area contributed by atoms with Crippen molar-refractivity contribution in [3.05, 3.63) is 70.0 Å². The predicted molar refractivity (Wildman–Crippen MR) is 108 cm³/mol. The SMILES string of the molecule is OC(CNCc1ccc(F)cc1)CON=CC1=C(Cl)c2cc(Cl)ccc2OC1. The number of aliphatic hydroxyl groups is 1. The van der Waals surface area contributed by atoms with Crippen LogP contribution in [-0.2, 0) is 11.4 Å². The molecule has 0 saturated carbocycles. The van der Waals surface area contributed by atoms with Crippen LogP contribution in [0.15, 0.2) is 53.2 Å². The summed E-state index contributed by atoms with van der Waals surface area (Å²) in [7, 11) is 0. The van der Waals surface area contributed by atoms with E-state index in [1.807, 2.05) is 0 Å². The maximum Gasteiger partial charge on any atom is 0.144 e. The second-order valence-corrected chi connectivity index (χ2v) is 7.02. The van der Waals surface area contributed by atoms with Gasteiger partial charge in [-0.05, 0) is 35.9 Å². The number of nitrogens with zero attached hydrogens (tertiary/aromatic N) is 1. The number of hydrogen-bond acceptors (Lipinski definition) is 5. The van der Waals surface area contributed by atoms with Gasteiger partial charge in [-0.1, -0.05) is 40.5 Å². The average molecular weight is 425 g/mol. The van der Waals surface area contributed by atoms with Crippen LogP contribution in [0.3, 0.4) is 0 Å². The average Bonchev–Trinajstić information content (AvgIpc) is 2.69. The van der Waals surface area contributed by atoms with Crippen LogP contribution in [0, 0.1) is 5.82 Å². The standard InChI is InChI=1S/C20H19Cl2FN2O3/c21-15-3-6-19-18(7-15)20(22)14(11-27-19)9-25-28-12-17(26)10-24-8-13-1-4-16(23)5-2-13/h1-7,9,17,24,26H,8,10-12H2. The first-order chi connectivity index (χ1) is 13.5. The Morgan fingerprint density at radius 3 is 2.82 bits per heavy atom. The smallest absolute Gasteiger partial charge is 0.144 e. The maximum atomic E-state index is 12.8. The van der Waals surface area contributed by atoms with Gasteiger partial charge in [-0.15, -0.1) is 0 Å². The number of nitrogens with one attached hydrogen (secondary N) is 1. The Morgan fingerprint density at radius 1 is 1.25 bits per heavy atom. The summed E-state index contributed by atoms with van der Waals surface area (Å²) in [5.74, 6) is 0.385. The molecule has 148 valence electrons. The largest absolute Gasteiger partial charge is 0.488 e. The molecule has 2 aromatic rings. The summed E-state index contributed by atoms with van der Waals surface area (Å²) < 4.78 is 18.5. The predicted octanol–water partition coefficient (Wildman–Crippen LogP) is 3.97. The van der Waals surface area contributed by atoms with Gasteiger partial charge >= 0.3 is 0 Å². The van der Waals surface area contributed by atoms with Crippen molar-refractivity contribution in [2.75, 3.05) is 19.8 Å². The van der Waals surface area contributed by atoms with E-state index in [1.54, 1.807) is 30.3 Å². The molecular weight excluding hydrogens is 406 g/mol. The zero-order valence-corrected chi connectivity index (χ0v) is 16.4. The minimum absolute atomic E-state index is 0.0150. The lowest BCUT2D eigenvalue weighted by atomic mass is 10.1. The van der Waals surface area contributed by atoms with E-state index in [9.17, 15) is 9.50 Å². The zero-order valence-electron chi connectivity index (χ0n) is 14.9. The molecule has 0 bridgehead atoms. The topological polar surface area (TPSA) is 63.1 Å². The number of ether oxygens (including phenoxy) is 1.